The predicted molar refractivity (Wildman–Crippen MR) is 79.9 cm³/mol. The molecule has 5 nitrogen and oxygen atoms in total. The van der Waals surface area contributed by atoms with Gasteiger partial charge in [0, 0.05) is 4.92 Å². The van der Waals surface area contributed by atoms with E-state index in [9.17, 15) is 10.1 Å². The largest absolute Gasteiger partial charge is 2.00 e. The number of nitro groups is 1. The van der Waals surface area contributed by atoms with Crippen molar-refractivity contribution in [3.05, 3.63) is 73.4 Å². The van der Waals surface area contributed by atoms with E-state index in [4.69, 9.17) is 4.74 Å². The molecule has 1 heterocycles. The molecular formula is C16H18FeN2O3+2. The quantitative estimate of drug-likeness (QED) is 0.450. The van der Waals surface area contributed by atoms with Crippen LogP contribution in [0.1, 0.15) is 13.8 Å². The van der Waals surface area contributed by atoms with Crippen molar-refractivity contribution in [2.75, 3.05) is 6.61 Å². The second-order valence-corrected chi connectivity index (χ2v) is 5.10. The number of rotatable bonds is 3. The van der Waals surface area contributed by atoms with Crippen molar-refractivity contribution in [2.24, 2.45) is 10.9 Å². The first-order valence-corrected chi connectivity index (χ1v) is 6.87. The van der Waals surface area contributed by atoms with Gasteiger partial charge in [-0.15, -0.1) is 0 Å². The standard InChI is InChI=1S/C11H13N2O3.C5H5.Fe/c1-7(2)9-6-16-11(12-9)8-4-3-5-10(8)13(14)15;1-2-4-5-3-1;/h3-5,7,9H,6H2,1-2H3;1-5H;/q;;+2/t9-;;/m1../s1. The first-order chi connectivity index (χ1) is 10.1. The fourth-order valence-electron chi connectivity index (χ4n) is 1.95. The maximum atomic E-state index is 10.7. The van der Waals surface area contributed by atoms with Gasteiger partial charge in [0.05, 0.1) is 12.5 Å². The Hall–Kier alpha value is -0.611. The van der Waals surface area contributed by atoms with Crippen LogP contribution >= 0.6 is 0 Å². The Morgan fingerprint density at radius 1 is 1.18 bits per heavy atom. The van der Waals surface area contributed by atoms with E-state index in [1.165, 1.54) is 6.42 Å². The molecule has 116 valence electrons. The summed E-state index contributed by atoms with van der Waals surface area (Å²) in [4.78, 5) is 14.7. The van der Waals surface area contributed by atoms with E-state index in [2.05, 4.69) is 18.8 Å². The van der Waals surface area contributed by atoms with Crippen LogP contribution in [0.2, 0.25) is 0 Å². The van der Waals surface area contributed by atoms with Crippen LogP contribution in [-0.4, -0.2) is 23.5 Å². The molecule has 0 spiro atoms. The van der Waals surface area contributed by atoms with Gasteiger partial charge in [-0.05, 0) is 50.9 Å². The minimum Gasteiger partial charge on any atom is -0.478 e. The molecule has 1 aliphatic heterocycles. The van der Waals surface area contributed by atoms with Crippen molar-refractivity contribution in [3.8, 4) is 0 Å². The van der Waals surface area contributed by atoms with Gasteiger partial charge in [0.15, 0.2) is 5.90 Å². The molecular weight excluding hydrogens is 324 g/mol. The van der Waals surface area contributed by atoms with Gasteiger partial charge in [-0.25, -0.2) is 4.99 Å². The van der Waals surface area contributed by atoms with Gasteiger partial charge in [0.25, 0.3) is 0 Å². The summed E-state index contributed by atoms with van der Waals surface area (Å²) in [6, 6.07) is 0.160. The normalized spacial score (nSPS) is 25.2. The molecule has 0 aromatic carbocycles. The molecule has 2 fully saturated rings. The van der Waals surface area contributed by atoms with Crippen LogP contribution in [0.15, 0.2) is 4.99 Å². The first-order valence-electron chi connectivity index (χ1n) is 6.87. The topological polar surface area (TPSA) is 64.7 Å². The Labute approximate surface area is 143 Å². The average molecular weight is 342 g/mol. The summed E-state index contributed by atoms with van der Waals surface area (Å²) < 4.78 is 5.41. The second-order valence-electron chi connectivity index (χ2n) is 5.10. The molecule has 3 rings (SSSR count). The summed E-state index contributed by atoms with van der Waals surface area (Å²) in [5.74, 6) is 1.26. The molecule has 6 heteroatoms. The van der Waals surface area contributed by atoms with E-state index >= 15 is 0 Å². The van der Waals surface area contributed by atoms with E-state index in [1.807, 2.05) is 32.1 Å². The monoisotopic (exact) mass is 342 g/mol. The summed E-state index contributed by atoms with van der Waals surface area (Å²) >= 11 is 0. The summed E-state index contributed by atoms with van der Waals surface area (Å²) in [5.41, 5.74) is 0. The van der Waals surface area contributed by atoms with Gasteiger partial charge in [0.1, 0.15) is 12.5 Å². The minimum atomic E-state index is -0.413. The van der Waals surface area contributed by atoms with Crippen LogP contribution in [0.3, 0.4) is 0 Å². The van der Waals surface area contributed by atoms with Crippen molar-refractivity contribution in [3.63, 3.8) is 0 Å². The zero-order valence-corrected chi connectivity index (χ0v) is 13.6. The van der Waals surface area contributed by atoms with Crippen LogP contribution in [0, 0.1) is 79.4 Å². The number of nitrogens with zero attached hydrogens (tertiary/aromatic N) is 2. The summed E-state index contributed by atoms with van der Waals surface area (Å²) in [5, 5.41) is 10.7. The smallest absolute Gasteiger partial charge is 0.478 e. The van der Waals surface area contributed by atoms with Gasteiger partial charge in [-0.1, -0.05) is 13.8 Å². The van der Waals surface area contributed by atoms with Gasteiger partial charge in [-0.2, -0.15) is 0 Å². The minimum absolute atomic E-state index is 0. The van der Waals surface area contributed by atoms with Crippen LogP contribution in [0.4, 0.5) is 0 Å². The van der Waals surface area contributed by atoms with E-state index in [0.717, 1.165) is 0 Å². The first kappa shape index (κ1) is 19.4. The van der Waals surface area contributed by atoms with Crippen molar-refractivity contribution in [2.45, 2.75) is 19.9 Å². The fraction of sp³-hybridized carbons (Fsp3) is 0.312. The molecule has 2 saturated carbocycles. The molecule has 0 saturated heterocycles. The SMILES string of the molecule is CC(C)[C@H]1COC([C]2[CH][CH][CH][C]2[N+](=O)[O-])=N1.[CH]1[CH][CH][CH][CH]1.[Fe+2]. The van der Waals surface area contributed by atoms with E-state index < -0.39 is 4.92 Å². The van der Waals surface area contributed by atoms with Gasteiger partial charge >= 0.3 is 23.1 Å². The molecule has 0 unspecified atom stereocenters. The fourth-order valence-corrected chi connectivity index (χ4v) is 1.95. The predicted octanol–water partition coefficient (Wildman–Crippen LogP) is 2.47. The van der Waals surface area contributed by atoms with E-state index in [1.54, 1.807) is 12.8 Å². The van der Waals surface area contributed by atoms with Crippen molar-refractivity contribution in [1.82, 2.24) is 0 Å². The van der Waals surface area contributed by atoms with E-state index in [0.29, 0.717) is 24.3 Å². The van der Waals surface area contributed by atoms with Crippen LogP contribution in [0.5, 0.6) is 0 Å². The Morgan fingerprint density at radius 2 is 1.77 bits per heavy atom. The molecule has 0 bridgehead atoms. The molecule has 3 aliphatic rings. The van der Waals surface area contributed by atoms with Crippen LogP contribution in [0.25, 0.3) is 0 Å². The van der Waals surface area contributed by atoms with Crippen molar-refractivity contribution in [1.29, 1.82) is 0 Å². The third-order valence-corrected chi connectivity index (χ3v) is 3.22. The molecule has 1 atom stereocenters. The maximum Gasteiger partial charge on any atom is 2.00 e. The van der Waals surface area contributed by atoms with Crippen LogP contribution < -0.4 is 0 Å². The number of aliphatic imine (C=N–C) groups is 1. The van der Waals surface area contributed by atoms with Gasteiger partial charge in [-0.3, -0.25) is 10.1 Å². The van der Waals surface area contributed by atoms with Crippen molar-refractivity contribution >= 4 is 5.90 Å². The number of hydrogen-bond donors (Lipinski definition) is 0. The van der Waals surface area contributed by atoms with Crippen molar-refractivity contribution < 1.29 is 26.7 Å². The van der Waals surface area contributed by atoms with Gasteiger partial charge < -0.3 is 4.74 Å². The molecule has 0 amide bonds. The second kappa shape index (κ2) is 9.51. The molecule has 0 aromatic heterocycles. The Morgan fingerprint density at radius 3 is 2.23 bits per heavy atom. The van der Waals surface area contributed by atoms with E-state index in [-0.39, 0.29) is 29.2 Å². The summed E-state index contributed by atoms with van der Waals surface area (Å²) in [6.45, 7) is 4.62. The Kier molecular flexibility index (Phi) is 8.40. The maximum absolute atomic E-state index is 10.7. The van der Waals surface area contributed by atoms with Crippen LogP contribution in [-0.2, 0) is 21.8 Å². The molecule has 10 radical (unpaired) electrons. The van der Waals surface area contributed by atoms with Gasteiger partial charge in [0.2, 0.25) is 0 Å². The summed E-state index contributed by atoms with van der Waals surface area (Å²) in [7, 11) is 0. The molecule has 22 heavy (non-hydrogen) atoms. The Balaban J connectivity index is 0.000000344. The number of hydrogen-bond acceptors (Lipinski definition) is 4. The Bertz CT molecular complexity index is 376. The third kappa shape index (κ3) is 5.24. The molecule has 0 aromatic rings. The molecule has 0 N–H and O–H groups in total. The molecule has 2 aliphatic carbocycles. The average Bonchev–Trinajstić information content (AvgIpc) is 3.21. The third-order valence-electron chi connectivity index (χ3n) is 3.22. The zero-order valence-electron chi connectivity index (χ0n) is 12.5. The number of ether oxygens (including phenoxy) is 1. The zero-order chi connectivity index (χ0) is 15.2. The summed E-state index contributed by atoms with van der Waals surface area (Å²) in [6.07, 6.45) is 14.8.